The first kappa shape index (κ1) is 17.5. The predicted octanol–water partition coefficient (Wildman–Crippen LogP) is 5.06. The van der Waals surface area contributed by atoms with Gasteiger partial charge in [-0.05, 0) is 51.0 Å². The summed E-state index contributed by atoms with van der Waals surface area (Å²) in [5.41, 5.74) is 2.39. The van der Waals surface area contributed by atoms with Crippen LogP contribution in [0.25, 0.3) is 0 Å². The highest BCUT2D eigenvalue weighted by molar-refractivity contribution is 7.73. The second-order valence-corrected chi connectivity index (χ2v) is 7.24. The van der Waals surface area contributed by atoms with Gasteiger partial charge < -0.3 is 4.52 Å². The molecule has 0 radical (unpaired) electrons. The van der Waals surface area contributed by atoms with Crippen molar-refractivity contribution in [3.8, 4) is 5.75 Å². The van der Waals surface area contributed by atoms with Gasteiger partial charge in [-0.3, -0.25) is 9.32 Å². The summed E-state index contributed by atoms with van der Waals surface area (Å²) in [5, 5.41) is 0. The number of para-hydroxylation sites is 1. The van der Waals surface area contributed by atoms with Crippen LogP contribution in [-0.4, -0.2) is 12.1 Å². The van der Waals surface area contributed by atoms with E-state index in [-0.39, 0.29) is 6.61 Å². The molecule has 2 rings (SSSR count). The first-order valence-electron chi connectivity index (χ1n) is 7.49. The maximum absolute atomic E-state index is 13.1. The minimum Gasteiger partial charge on any atom is -0.419 e. The standard InChI is InChI=1S/C18H21O4P/c1-5-21-23(20,22-16-9-7-6-8-10-16)18(19)17-14(3)11-13(2)12-15(17)4/h6-12H,5H2,1-4H3. The lowest BCUT2D eigenvalue weighted by molar-refractivity contribution is 0.102. The molecular weight excluding hydrogens is 311 g/mol. The predicted molar refractivity (Wildman–Crippen MR) is 91.3 cm³/mol. The van der Waals surface area contributed by atoms with E-state index in [0.29, 0.717) is 11.3 Å². The van der Waals surface area contributed by atoms with Gasteiger partial charge in [0.05, 0.1) is 6.61 Å². The third-order valence-electron chi connectivity index (χ3n) is 3.41. The van der Waals surface area contributed by atoms with Gasteiger partial charge in [-0.25, -0.2) is 4.57 Å². The van der Waals surface area contributed by atoms with Crippen LogP contribution in [0.4, 0.5) is 0 Å². The van der Waals surface area contributed by atoms with E-state index in [1.54, 1.807) is 31.2 Å². The number of rotatable bonds is 6. The molecular formula is C18H21O4P. The van der Waals surface area contributed by atoms with E-state index in [9.17, 15) is 9.36 Å². The third kappa shape index (κ3) is 3.90. The van der Waals surface area contributed by atoms with Crippen LogP contribution in [-0.2, 0) is 9.09 Å². The maximum atomic E-state index is 13.1. The average molecular weight is 332 g/mol. The van der Waals surface area contributed by atoms with Crippen LogP contribution in [0.5, 0.6) is 5.75 Å². The monoisotopic (exact) mass is 332 g/mol. The van der Waals surface area contributed by atoms with Crippen molar-refractivity contribution in [3.63, 3.8) is 0 Å². The summed E-state index contributed by atoms with van der Waals surface area (Å²) >= 11 is 0. The molecule has 5 heteroatoms. The highest BCUT2D eigenvalue weighted by atomic mass is 31.2. The van der Waals surface area contributed by atoms with Crippen molar-refractivity contribution in [3.05, 3.63) is 64.7 Å². The molecule has 1 unspecified atom stereocenters. The van der Waals surface area contributed by atoms with Gasteiger partial charge in [-0.2, -0.15) is 0 Å². The van der Waals surface area contributed by atoms with Crippen molar-refractivity contribution in [2.24, 2.45) is 0 Å². The van der Waals surface area contributed by atoms with Gasteiger partial charge >= 0.3 is 7.60 Å². The Bertz CT molecular complexity index is 730. The van der Waals surface area contributed by atoms with Gasteiger partial charge in [0.2, 0.25) is 0 Å². The molecule has 4 nitrogen and oxygen atoms in total. The summed E-state index contributed by atoms with van der Waals surface area (Å²) in [6.07, 6.45) is 0. The van der Waals surface area contributed by atoms with Crippen molar-refractivity contribution < 1.29 is 18.4 Å². The average Bonchev–Trinajstić information content (AvgIpc) is 2.47. The zero-order chi connectivity index (χ0) is 17.0. The molecule has 0 saturated heterocycles. The van der Waals surface area contributed by atoms with Crippen molar-refractivity contribution in [1.82, 2.24) is 0 Å². The number of benzene rings is 2. The van der Waals surface area contributed by atoms with Gasteiger partial charge in [-0.15, -0.1) is 0 Å². The largest absolute Gasteiger partial charge is 0.451 e. The molecule has 0 heterocycles. The summed E-state index contributed by atoms with van der Waals surface area (Å²) in [6, 6.07) is 12.4. The lowest BCUT2D eigenvalue weighted by atomic mass is 10.0. The minimum absolute atomic E-state index is 0.125. The van der Waals surface area contributed by atoms with E-state index >= 15 is 0 Å². The lowest BCUT2D eigenvalue weighted by Crippen LogP contribution is -2.12. The number of carbonyl (C=O) groups is 1. The molecule has 0 saturated carbocycles. The van der Waals surface area contributed by atoms with Crippen LogP contribution < -0.4 is 4.52 Å². The first-order valence-corrected chi connectivity index (χ1v) is 9.03. The molecule has 0 aromatic heterocycles. The molecule has 23 heavy (non-hydrogen) atoms. The lowest BCUT2D eigenvalue weighted by Gasteiger charge is -2.19. The van der Waals surface area contributed by atoms with Gasteiger partial charge in [0.25, 0.3) is 5.52 Å². The van der Waals surface area contributed by atoms with E-state index in [1.807, 2.05) is 39.0 Å². The fourth-order valence-electron chi connectivity index (χ4n) is 2.57. The Hall–Kier alpha value is -1.90. The molecule has 1 atom stereocenters. The van der Waals surface area contributed by atoms with E-state index in [0.717, 1.165) is 16.7 Å². The smallest absolute Gasteiger partial charge is 0.419 e. The Balaban J connectivity index is 2.45. The number of carbonyl (C=O) groups excluding carboxylic acids is 1. The van der Waals surface area contributed by atoms with Crippen LogP contribution in [0.2, 0.25) is 0 Å². The van der Waals surface area contributed by atoms with Crippen molar-refractivity contribution in [2.75, 3.05) is 6.61 Å². The second-order valence-electron chi connectivity index (χ2n) is 5.40. The number of hydrogen-bond acceptors (Lipinski definition) is 4. The SMILES string of the molecule is CCOP(=O)(Oc1ccccc1)C(=O)c1c(C)cc(C)cc1C. The second kappa shape index (κ2) is 7.12. The summed E-state index contributed by atoms with van der Waals surface area (Å²) in [7, 11) is -3.96. The summed E-state index contributed by atoms with van der Waals surface area (Å²) in [6.45, 7) is 7.41. The fourth-order valence-corrected chi connectivity index (χ4v) is 4.19. The van der Waals surface area contributed by atoms with Gasteiger partial charge in [0, 0.05) is 5.56 Å². The molecule has 2 aromatic carbocycles. The van der Waals surface area contributed by atoms with Crippen LogP contribution in [0.3, 0.4) is 0 Å². The molecule has 122 valence electrons. The number of aryl methyl sites for hydroxylation is 3. The van der Waals surface area contributed by atoms with Crippen LogP contribution in [0.1, 0.15) is 34.0 Å². The van der Waals surface area contributed by atoms with Gasteiger partial charge in [0.15, 0.2) is 0 Å². The van der Waals surface area contributed by atoms with E-state index in [4.69, 9.17) is 9.05 Å². The molecule has 0 aliphatic rings. The molecule has 0 aliphatic heterocycles. The third-order valence-corrected chi connectivity index (χ3v) is 5.18. The molecule has 0 bridgehead atoms. The van der Waals surface area contributed by atoms with E-state index < -0.39 is 13.1 Å². The van der Waals surface area contributed by atoms with Gasteiger partial charge in [0.1, 0.15) is 5.75 Å². The van der Waals surface area contributed by atoms with E-state index in [1.165, 1.54) is 0 Å². The zero-order valence-corrected chi connectivity index (χ0v) is 14.7. The van der Waals surface area contributed by atoms with E-state index in [2.05, 4.69) is 0 Å². The van der Waals surface area contributed by atoms with Gasteiger partial charge in [-0.1, -0.05) is 35.9 Å². The molecule has 0 fully saturated rings. The molecule has 2 aromatic rings. The summed E-state index contributed by atoms with van der Waals surface area (Å²) < 4.78 is 23.8. The molecule has 0 spiro atoms. The Morgan fingerprint density at radius 2 is 1.61 bits per heavy atom. The Labute approximate surface area is 137 Å². The quantitative estimate of drug-likeness (QED) is 0.694. The van der Waals surface area contributed by atoms with Crippen molar-refractivity contribution in [2.45, 2.75) is 27.7 Å². The summed E-state index contributed by atoms with van der Waals surface area (Å²) in [4.78, 5) is 12.9. The fraction of sp³-hybridized carbons (Fsp3) is 0.278. The van der Waals surface area contributed by atoms with Crippen molar-refractivity contribution >= 4 is 13.1 Å². The molecule has 0 N–H and O–H groups in total. The normalized spacial score (nSPS) is 13.4. The number of hydrogen-bond donors (Lipinski definition) is 0. The van der Waals surface area contributed by atoms with Crippen LogP contribution in [0, 0.1) is 20.8 Å². The first-order chi connectivity index (χ1) is 10.9. The molecule has 0 amide bonds. The van der Waals surface area contributed by atoms with Crippen LogP contribution in [0.15, 0.2) is 42.5 Å². The highest BCUT2D eigenvalue weighted by Crippen LogP contribution is 2.52. The maximum Gasteiger partial charge on any atom is 0.451 e. The van der Waals surface area contributed by atoms with Crippen molar-refractivity contribution in [1.29, 1.82) is 0 Å². The summed E-state index contributed by atoms with van der Waals surface area (Å²) in [5.74, 6) is 0.347. The van der Waals surface area contributed by atoms with Crippen LogP contribution >= 0.6 is 7.60 Å². The Morgan fingerprint density at radius 1 is 1.04 bits per heavy atom. The topological polar surface area (TPSA) is 52.6 Å². The highest BCUT2D eigenvalue weighted by Gasteiger charge is 2.38. The Morgan fingerprint density at radius 3 is 2.13 bits per heavy atom. The Kier molecular flexibility index (Phi) is 5.40. The molecule has 0 aliphatic carbocycles. The zero-order valence-electron chi connectivity index (χ0n) is 13.8. The minimum atomic E-state index is -3.96.